The average molecular weight is 426 g/mol. The van der Waals surface area contributed by atoms with E-state index < -0.39 is 17.7 Å². The zero-order chi connectivity index (χ0) is 21.9. The van der Waals surface area contributed by atoms with Gasteiger partial charge in [0.25, 0.3) is 0 Å². The van der Waals surface area contributed by atoms with Crippen LogP contribution < -0.4 is 0 Å². The first-order chi connectivity index (χ1) is 14.2. The summed E-state index contributed by atoms with van der Waals surface area (Å²) in [4.78, 5) is 40.3. The predicted molar refractivity (Wildman–Crippen MR) is 101 cm³/mol. The van der Waals surface area contributed by atoms with Crippen molar-refractivity contribution in [3.63, 3.8) is 0 Å². The largest absolute Gasteiger partial charge is 0.466 e. The molecule has 2 aliphatic rings. The number of likely N-dealkylation sites (tertiary alicyclic amines) is 2. The second-order valence-electron chi connectivity index (χ2n) is 7.75. The molecule has 0 aliphatic carbocycles. The number of hydrogen-bond acceptors (Lipinski definition) is 4. The maximum Gasteiger partial charge on any atom is 0.416 e. The molecule has 0 saturated carbocycles. The van der Waals surface area contributed by atoms with Gasteiger partial charge >= 0.3 is 12.1 Å². The van der Waals surface area contributed by atoms with Crippen LogP contribution in [0.15, 0.2) is 24.3 Å². The van der Waals surface area contributed by atoms with Crippen molar-refractivity contribution in [2.45, 2.75) is 38.9 Å². The summed E-state index contributed by atoms with van der Waals surface area (Å²) in [6, 6.07) is 4.85. The van der Waals surface area contributed by atoms with Crippen molar-refractivity contribution in [2.75, 3.05) is 26.2 Å². The smallest absolute Gasteiger partial charge is 0.416 e. The van der Waals surface area contributed by atoms with Gasteiger partial charge in [0, 0.05) is 32.6 Å². The second kappa shape index (κ2) is 9.06. The molecule has 0 bridgehead atoms. The lowest BCUT2D eigenvalue weighted by atomic mass is 9.96. The maximum absolute atomic E-state index is 12.9. The highest BCUT2D eigenvalue weighted by Gasteiger charge is 2.39. The number of carbonyl (C=O) groups excluding carboxylic acids is 3. The van der Waals surface area contributed by atoms with Gasteiger partial charge in [0.1, 0.15) is 0 Å². The van der Waals surface area contributed by atoms with E-state index in [1.165, 1.54) is 17.0 Å². The van der Waals surface area contributed by atoms with Gasteiger partial charge in [-0.3, -0.25) is 14.4 Å². The Morgan fingerprint density at radius 1 is 1.20 bits per heavy atom. The number of benzene rings is 1. The van der Waals surface area contributed by atoms with Crippen molar-refractivity contribution in [1.82, 2.24) is 9.80 Å². The fourth-order valence-electron chi connectivity index (χ4n) is 4.04. The molecule has 2 aliphatic heterocycles. The Balaban J connectivity index is 1.61. The Morgan fingerprint density at radius 3 is 2.67 bits per heavy atom. The van der Waals surface area contributed by atoms with Crippen molar-refractivity contribution in [3.05, 3.63) is 35.4 Å². The van der Waals surface area contributed by atoms with E-state index in [4.69, 9.17) is 4.74 Å². The third-order valence-corrected chi connectivity index (χ3v) is 5.54. The second-order valence-corrected chi connectivity index (χ2v) is 7.75. The van der Waals surface area contributed by atoms with Gasteiger partial charge in [-0.15, -0.1) is 0 Å². The molecule has 2 fully saturated rings. The predicted octanol–water partition coefficient (Wildman–Crippen LogP) is 2.86. The summed E-state index contributed by atoms with van der Waals surface area (Å²) in [7, 11) is 0. The van der Waals surface area contributed by atoms with Crippen LogP contribution in [-0.2, 0) is 31.8 Å². The normalized spacial score (nSPS) is 22.3. The molecule has 1 aromatic rings. The number of rotatable bonds is 5. The fourth-order valence-corrected chi connectivity index (χ4v) is 4.04. The van der Waals surface area contributed by atoms with Gasteiger partial charge in [0.2, 0.25) is 11.8 Å². The Bertz CT molecular complexity index is 812. The van der Waals surface area contributed by atoms with E-state index in [9.17, 15) is 27.6 Å². The standard InChI is InChI=1S/C21H25F3N2O4/c1-2-30-20(29)15-6-4-8-25(12-15)19(28)16-10-18(27)26(13-16)11-14-5-3-7-17(9-14)21(22,23)24/h3,5,7,9,15-16H,2,4,6,8,10-13H2,1H3/t15-,16-/m1/s1. The number of alkyl halides is 3. The lowest BCUT2D eigenvalue weighted by Gasteiger charge is -2.33. The zero-order valence-electron chi connectivity index (χ0n) is 16.8. The molecule has 0 unspecified atom stereocenters. The van der Waals surface area contributed by atoms with Crippen LogP contribution in [0.4, 0.5) is 13.2 Å². The van der Waals surface area contributed by atoms with Crippen molar-refractivity contribution in [2.24, 2.45) is 11.8 Å². The molecule has 2 heterocycles. The number of amides is 2. The highest BCUT2D eigenvalue weighted by atomic mass is 19.4. The topological polar surface area (TPSA) is 66.9 Å². The molecule has 164 valence electrons. The number of carbonyl (C=O) groups is 3. The molecule has 0 spiro atoms. The Kier molecular flexibility index (Phi) is 6.67. The summed E-state index contributed by atoms with van der Waals surface area (Å²) >= 11 is 0. The van der Waals surface area contributed by atoms with Crippen LogP contribution >= 0.6 is 0 Å². The quantitative estimate of drug-likeness (QED) is 0.680. The fraction of sp³-hybridized carbons (Fsp3) is 0.571. The van der Waals surface area contributed by atoms with Crippen LogP contribution in [0.5, 0.6) is 0 Å². The van der Waals surface area contributed by atoms with Gasteiger partial charge in [-0.2, -0.15) is 13.2 Å². The van der Waals surface area contributed by atoms with Crippen molar-refractivity contribution >= 4 is 17.8 Å². The monoisotopic (exact) mass is 426 g/mol. The van der Waals surface area contributed by atoms with Gasteiger partial charge < -0.3 is 14.5 Å². The Hall–Kier alpha value is -2.58. The highest BCUT2D eigenvalue weighted by molar-refractivity contribution is 5.89. The summed E-state index contributed by atoms with van der Waals surface area (Å²) in [6.45, 7) is 2.99. The Labute approximate surface area is 173 Å². The van der Waals surface area contributed by atoms with Gasteiger partial charge in [-0.05, 0) is 37.5 Å². The zero-order valence-corrected chi connectivity index (χ0v) is 16.8. The number of halogens is 3. The molecule has 0 radical (unpaired) electrons. The minimum Gasteiger partial charge on any atom is -0.466 e. The lowest BCUT2D eigenvalue weighted by Crippen LogP contribution is -2.45. The third-order valence-electron chi connectivity index (χ3n) is 5.54. The molecule has 3 rings (SSSR count). The van der Waals surface area contributed by atoms with Crippen molar-refractivity contribution in [1.29, 1.82) is 0 Å². The molecule has 2 atom stereocenters. The number of hydrogen-bond donors (Lipinski definition) is 0. The van der Waals surface area contributed by atoms with Gasteiger partial charge in [0.05, 0.1) is 24.0 Å². The Morgan fingerprint density at radius 2 is 1.97 bits per heavy atom. The van der Waals surface area contributed by atoms with E-state index >= 15 is 0 Å². The first kappa shape index (κ1) is 22.1. The van der Waals surface area contributed by atoms with E-state index in [0.717, 1.165) is 12.1 Å². The molecule has 1 aromatic carbocycles. The molecule has 9 heteroatoms. The molecule has 2 saturated heterocycles. The molecular formula is C21H25F3N2O4. The van der Waals surface area contributed by atoms with Crippen molar-refractivity contribution in [3.8, 4) is 0 Å². The van der Waals surface area contributed by atoms with Crippen LogP contribution in [0.1, 0.15) is 37.3 Å². The van der Waals surface area contributed by atoms with E-state index in [-0.39, 0.29) is 56.4 Å². The average Bonchev–Trinajstić information content (AvgIpc) is 3.07. The van der Waals surface area contributed by atoms with Crippen LogP contribution in [0.3, 0.4) is 0 Å². The summed E-state index contributed by atoms with van der Waals surface area (Å²) in [5, 5.41) is 0. The van der Waals surface area contributed by atoms with Gasteiger partial charge in [0.15, 0.2) is 0 Å². The van der Waals surface area contributed by atoms with E-state index in [2.05, 4.69) is 0 Å². The van der Waals surface area contributed by atoms with Crippen LogP contribution in [0.25, 0.3) is 0 Å². The number of piperidine rings is 1. The molecule has 0 aromatic heterocycles. The number of nitrogens with zero attached hydrogens (tertiary/aromatic N) is 2. The van der Waals surface area contributed by atoms with E-state index in [0.29, 0.717) is 24.9 Å². The highest BCUT2D eigenvalue weighted by Crippen LogP contribution is 2.31. The molecule has 6 nitrogen and oxygen atoms in total. The summed E-state index contributed by atoms with van der Waals surface area (Å²) in [5.41, 5.74) is -0.399. The van der Waals surface area contributed by atoms with E-state index in [1.807, 2.05) is 0 Å². The first-order valence-corrected chi connectivity index (χ1v) is 10.1. The third kappa shape index (κ3) is 5.12. The molecule has 30 heavy (non-hydrogen) atoms. The van der Waals surface area contributed by atoms with Gasteiger partial charge in [-0.25, -0.2) is 0 Å². The molecular weight excluding hydrogens is 401 g/mol. The first-order valence-electron chi connectivity index (χ1n) is 10.1. The van der Waals surface area contributed by atoms with Crippen LogP contribution in [0.2, 0.25) is 0 Å². The van der Waals surface area contributed by atoms with Crippen LogP contribution in [0, 0.1) is 11.8 Å². The van der Waals surface area contributed by atoms with Gasteiger partial charge in [-0.1, -0.05) is 12.1 Å². The molecule has 0 N–H and O–H groups in total. The minimum atomic E-state index is -4.45. The van der Waals surface area contributed by atoms with E-state index in [1.54, 1.807) is 11.8 Å². The number of esters is 1. The summed E-state index contributed by atoms with van der Waals surface area (Å²) in [5.74, 6) is -1.68. The van der Waals surface area contributed by atoms with Crippen LogP contribution in [-0.4, -0.2) is 53.8 Å². The molecule has 2 amide bonds. The minimum absolute atomic E-state index is 0.0258. The summed E-state index contributed by atoms with van der Waals surface area (Å²) in [6.07, 6.45) is -3.08. The summed E-state index contributed by atoms with van der Waals surface area (Å²) < 4.78 is 43.8. The maximum atomic E-state index is 12.9. The van der Waals surface area contributed by atoms with Crippen molar-refractivity contribution < 1.29 is 32.3 Å². The SMILES string of the molecule is CCOC(=O)[C@@H]1CCCN(C(=O)[C@@H]2CC(=O)N(Cc3cccc(C(F)(F)F)c3)C2)C1. The lowest BCUT2D eigenvalue weighted by molar-refractivity contribution is -0.152. The number of ether oxygens (including phenoxy) is 1.